The fourth-order valence-electron chi connectivity index (χ4n) is 2.39. The number of rotatable bonds is 11. The summed E-state index contributed by atoms with van der Waals surface area (Å²) in [5.41, 5.74) is 1.20. The molecule has 0 aromatic heterocycles. The van der Waals surface area contributed by atoms with Gasteiger partial charge in [0.15, 0.2) is 8.32 Å². The van der Waals surface area contributed by atoms with Crippen molar-refractivity contribution < 1.29 is 14.0 Å². The molecule has 1 rings (SSSR count). The van der Waals surface area contributed by atoms with E-state index in [2.05, 4.69) is 46.0 Å². The van der Waals surface area contributed by atoms with Crippen molar-refractivity contribution in [3.63, 3.8) is 0 Å². The molecule has 0 N–H and O–H groups in total. The van der Waals surface area contributed by atoms with Crippen LogP contribution in [0.1, 0.15) is 52.5 Å². The highest BCUT2D eigenvalue weighted by atomic mass is 28.4. The highest BCUT2D eigenvalue weighted by Gasteiger charge is 2.39. The number of carbonyl (C=O) groups is 1. The monoisotopic (exact) mass is 364 g/mol. The number of benzene rings is 1. The largest absolute Gasteiger partial charge is 0.413 e. The molecule has 0 radical (unpaired) electrons. The Morgan fingerprint density at radius 3 is 2.32 bits per heavy atom. The molecule has 0 saturated carbocycles. The van der Waals surface area contributed by atoms with E-state index in [-0.39, 0.29) is 17.1 Å². The normalized spacial score (nSPS) is 15.0. The molecule has 0 saturated heterocycles. The third kappa shape index (κ3) is 7.84. The summed E-state index contributed by atoms with van der Waals surface area (Å²) in [5, 5.41) is 0.159. The van der Waals surface area contributed by atoms with Crippen LogP contribution >= 0.6 is 0 Å². The van der Waals surface area contributed by atoms with Crippen LogP contribution in [-0.2, 0) is 20.6 Å². The van der Waals surface area contributed by atoms with Crippen molar-refractivity contribution in [3.05, 3.63) is 35.9 Å². The lowest BCUT2D eigenvalue weighted by molar-refractivity contribution is -0.113. The van der Waals surface area contributed by atoms with Gasteiger partial charge in [0.2, 0.25) is 0 Å². The SMILES string of the molecule is C[C@H](C=O)[C@@H](CCCCOCc1ccccc1)O[Si](C)(C)C(C)(C)C. The highest BCUT2D eigenvalue weighted by Crippen LogP contribution is 2.38. The first-order valence-electron chi connectivity index (χ1n) is 9.42. The Hall–Kier alpha value is -0.973. The van der Waals surface area contributed by atoms with Gasteiger partial charge in [0.25, 0.3) is 0 Å². The maximum absolute atomic E-state index is 11.3. The van der Waals surface area contributed by atoms with Crippen molar-refractivity contribution in [2.75, 3.05) is 6.61 Å². The average molecular weight is 365 g/mol. The minimum atomic E-state index is -1.86. The molecule has 0 aliphatic heterocycles. The van der Waals surface area contributed by atoms with Gasteiger partial charge in [-0.15, -0.1) is 0 Å². The molecule has 25 heavy (non-hydrogen) atoms. The standard InChI is InChI=1S/C21H36O3Si/c1-18(16-22)20(24-25(5,6)21(2,3)4)14-10-11-15-23-17-19-12-8-7-9-13-19/h7-9,12-13,16,18,20H,10-11,14-15,17H2,1-6H3/t18-,20-/m1/s1. The Morgan fingerprint density at radius 1 is 1.12 bits per heavy atom. The van der Waals surface area contributed by atoms with Crippen LogP contribution in [0.2, 0.25) is 18.1 Å². The fourth-order valence-corrected chi connectivity index (χ4v) is 3.83. The number of hydrogen-bond donors (Lipinski definition) is 0. The van der Waals surface area contributed by atoms with Crippen molar-refractivity contribution in [1.29, 1.82) is 0 Å². The summed E-state index contributed by atoms with van der Waals surface area (Å²) in [7, 11) is -1.86. The summed E-state index contributed by atoms with van der Waals surface area (Å²) in [6, 6.07) is 10.2. The molecule has 0 spiro atoms. The van der Waals surface area contributed by atoms with E-state index in [0.717, 1.165) is 32.2 Å². The van der Waals surface area contributed by atoms with Crippen LogP contribution in [0.25, 0.3) is 0 Å². The van der Waals surface area contributed by atoms with Crippen LogP contribution in [0.5, 0.6) is 0 Å². The maximum Gasteiger partial charge on any atom is 0.192 e. The summed E-state index contributed by atoms with van der Waals surface area (Å²) in [6.07, 6.45) is 3.99. The van der Waals surface area contributed by atoms with Gasteiger partial charge in [-0.05, 0) is 43.0 Å². The maximum atomic E-state index is 11.3. The van der Waals surface area contributed by atoms with Gasteiger partial charge in [-0.2, -0.15) is 0 Å². The molecule has 1 aromatic carbocycles. The quantitative estimate of drug-likeness (QED) is 0.291. The number of unbranched alkanes of at least 4 members (excludes halogenated alkanes) is 1. The number of carbonyl (C=O) groups excluding carboxylic acids is 1. The van der Waals surface area contributed by atoms with Gasteiger partial charge in [0.05, 0.1) is 12.7 Å². The van der Waals surface area contributed by atoms with Gasteiger partial charge in [-0.25, -0.2) is 0 Å². The van der Waals surface area contributed by atoms with Crippen LogP contribution in [0.4, 0.5) is 0 Å². The van der Waals surface area contributed by atoms with Crippen molar-refractivity contribution in [2.24, 2.45) is 5.92 Å². The zero-order valence-corrected chi connectivity index (χ0v) is 17.9. The lowest BCUT2D eigenvalue weighted by Crippen LogP contribution is -2.45. The van der Waals surface area contributed by atoms with Gasteiger partial charge >= 0.3 is 0 Å². The van der Waals surface area contributed by atoms with Gasteiger partial charge in [0.1, 0.15) is 6.29 Å². The molecule has 0 aliphatic carbocycles. The molecule has 0 aliphatic rings. The molecule has 3 nitrogen and oxygen atoms in total. The van der Waals surface area contributed by atoms with Crippen molar-refractivity contribution in [1.82, 2.24) is 0 Å². The smallest absolute Gasteiger partial charge is 0.192 e. The molecule has 1 aromatic rings. The third-order valence-electron chi connectivity index (χ3n) is 5.19. The van der Waals surface area contributed by atoms with E-state index in [1.54, 1.807) is 0 Å². The summed E-state index contributed by atoms with van der Waals surface area (Å²) in [4.78, 5) is 11.3. The van der Waals surface area contributed by atoms with Gasteiger partial charge in [0, 0.05) is 12.5 Å². The molecular weight excluding hydrogens is 328 g/mol. The Morgan fingerprint density at radius 2 is 1.76 bits per heavy atom. The third-order valence-corrected chi connectivity index (χ3v) is 9.70. The van der Waals surface area contributed by atoms with Crippen molar-refractivity contribution >= 4 is 14.6 Å². The Kier molecular flexibility index (Phi) is 9.04. The van der Waals surface area contributed by atoms with E-state index in [1.807, 2.05) is 25.1 Å². The Balaban J connectivity index is 2.37. The number of ether oxygens (including phenoxy) is 1. The average Bonchev–Trinajstić information content (AvgIpc) is 2.56. The van der Waals surface area contributed by atoms with E-state index in [1.165, 1.54) is 5.56 Å². The summed E-state index contributed by atoms with van der Waals surface area (Å²) in [5.74, 6) is -0.0561. The predicted molar refractivity (Wildman–Crippen MR) is 107 cm³/mol. The first kappa shape index (κ1) is 22.1. The van der Waals surface area contributed by atoms with Crippen molar-refractivity contribution in [3.8, 4) is 0 Å². The van der Waals surface area contributed by atoms with Gasteiger partial charge in [-0.1, -0.05) is 58.0 Å². The Bertz CT molecular complexity index is 494. The van der Waals surface area contributed by atoms with E-state index in [4.69, 9.17) is 9.16 Å². The van der Waals surface area contributed by atoms with Crippen LogP contribution in [0.3, 0.4) is 0 Å². The predicted octanol–water partition coefficient (Wildman–Crippen LogP) is 5.60. The first-order chi connectivity index (χ1) is 11.7. The van der Waals surface area contributed by atoms with Crippen molar-refractivity contribution in [2.45, 2.75) is 77.8 Å². The molecular formula is C21H36O3Si. The molecule has 0 fully saturated rings. The van der Waals surface area contributed by atoms with E-state index in [0.29, 0.717) is 6.61 Å². The van der Waals surface area contributed by atoms with E-state index >= 15 is 0 Å². The summed E-state index contributed by atoms with van der Waals surface area (Å²) >= 11 is 0. The molecule has 0 heterocycles. The minimum absolute atomic E-state index is 0.0208. The lowest BCUT2D eigenvalue weighted by Gasteiger charge is -2.40. The molecule has 0 amide bonds. The van der Waals surface area contributed by atoms with Gasteiger partial charge in [-0.3, -0.25) is 0 Å². The second-order valence-corrected chi connectivity index (χ2v) is 13.2. The molecule has 0 unspecified atom stereocenters. The molecule has 142 valence electrons. The highest BCUT2D eigenvalue weighted by molar-refractivity contribution is 6.74. The van der Waals surface area contributed by atoms with Crippen LogP contribution < -0.4 is 0 Å². The summed E-state index contributed by atoms with van der Waals surface area (Å²) < 4.78 is 12.2. The summed E-state index contributed by atoms with van der Waals surface area (Å²) in [6.45, 7) is 14.6. The van der Waals surface area contributed by atoms with Crippen LogP contribution in [-0.4, -0.2) is 27.3 Å². The topological polar surface area (TPSA) is 35.5 Å². The number of hydrogen-bond acceptors (Lipinski definition) is 3. The number of aldehydes is 1. The van der Waals surface area contributed by atoms with Crippen LogP contribution in [0.15, 0.2) is 30.3 Å². The van der Waals surface area contributed by atoms with E-state index < -0.39 is 8.32 Å². The molecule has 0 bridgehead atoms. The van der Waals surface area contributed by atoms with Crippen LogP contribution in [0, 0.1) is 5.92 Å². The zero-order valence-electron chi connectivity index (χ0n) is 16.9. The fraction of sp³-hybridized carbons (Fsp3) is 0.667. The van der Waals surface area contributed by atoms with E-state index in [9.17, 15) is 4.79 Å². The molecule has 2 atom stereocenters. The second kappa shape index (κ2) is 10.2. The Labute approximate surface area is 155 Å². The zero-order chi connectivity index (χ0) is 18.9. The van der Waals surface area contributed by atoms with Gasteiger partial charge < -0.3 is 14.0 Å². The first-order valence-corrected chi connectivity index (χ1v) is 12.3. The lowest BCUT2D eigenvalue weighted by atomic mass is 10.0. The molecule has 4 heteroatoms. The second-order valence-electron chi connectivity index (χ2n) is 8.45. The minimum Gasteiger partial charge on any atom is -0.413 e.